The Morgan fingerprint density at radius 2 is 1.73 bits per heavy atom. The Labute approximate surface area is 221 Å². The lowest BCUT2D eigenvalue weighted by atomic mass is 9.70. The number of esters is 1. The first-order valence-corrected chi connectivity index (χ1v) is 14.3. The van der Waals surface area contributed by atoms with E-state index in [1.807, 2.05) is 24.3 Å². The number of fused-ring (bicyclic) bond motifs is 1. The molecule has 1 heterocycles. The Bertz CT molecular complexity index is 1160. The average Bonchev–Trinajstić information content (AvgIpc) is 3.40. The molecular weight excluding hydrogens is 460 g/mol. The van der Waals surface area contributed by atoms with Crippen LogP contribution in [0.15, 0.2) is 65.3 Å². The van der Waals surface area contributed by atoms with Gasteiger partial charge in [0.2, 0.25) is 0 Å². The number of aryl methyl sites for hydroxylation is 1. The van der Waals surface area contributed by atoms with E-state index >= 15 is 0 Å². The Kier molecular flexibility index (Phi) is 8.33. The van der Waals surface area contributed by atoms with E-state index in [9.17, 15) is 4.79 Å². The van der Waals surface area contributed by atoms with Crippen LogP contribution in [0.5, 0.6) is 5.75 Å². The van der Waals surface area contributed by atoms with Crippen molar-refractivity contribution in [1.82, 2.24) is 0 Å². The predicted molar refractivity (Wildman–Crippen MR) is 147 cm³/mol. The normalized spacial score (nSPS) is 23.9. The summed E-state index contributed by atoms with van der Waals surface area (Å²) >= 11 is 0. The Balaban J connectivity index is 1.38. The molecule has 2 aliphatic carbocycles. The van der Waals surface area contributed by atoms with Gasteiger partial charge in [-0.25, -0.2) is 4.79 Å². The number of rotatable bonds is 7. The Morgan fingerprint density at radius 3 is 2.54 bits per heavy atom. The molecule has 196 valence electrons. The molecule has 0 radical (unpaired) electrons. The van der Waals surface area contributed by atoms with Crippen molar-refractivity contribution < 1.29 is 18.7 Å². The van der Waals surface area contributed by atoms with Gasteiger partial charge in [0.05, 0.1) is 12.9 Å². The first-order valence-electron chi connectivity index (χ1n) is 14.3. The van der Waals surface area contributed by atoms with Gasteiger partial charge in [0.1, 0.15) is 23.2 Å². The molecule has 4 nitrogen and oxygen atoms in total. The van der Waals surface area contributed by atoms with E-state index in [2.05, 4.69) is 31.2 Å². The highest BCUT2D eigenvalue weighted by molar-refractivity contribution is 5.95. The average molecular weight is 501 g/mol. The molecule has 5 rings (SSSR count). The van der Waals surface area contributed by atoms with Gasteiger partial charge in [-0.1, -0.05) is 69.7 Å². The predicted octanol–water partition coefficient (Wildman–Crippen LogP) is 8.80. The van der Waals surface area contributed by atoms with Gasteiger partial charge >= 0.3 is 5.97 Å². The number of ether oxygens (including phenoxy) is 2. The highest BCUT2D eigenvalue weighted by Gasteiger charge is 2.36. The van der Waals surface area contributed by atoms with Crippen LogP contribution in [0.3, 0.4) is 0 Å². The molecule has 0 amide bonds. The van der Waals surface area contributed by atoms with Crippen molar-refractivity contribution in [3.8, 4) is 17.1 Å². The lowest BCUT2D eigenvalue weighted by Gasteiger charge is -2.40. The van der Waals surface area contributed by atoms with E-state index < -0.39 is 0 Å². The van der Waals surface area contributed by atoms with Crippen molar-refractivity contribution in [1.29, 1.82) is 0 Å². The molecule has 0 bridgehead atoms. The largest absolute Gasteiger partial charge is 0.485 e. The van der Waals surface area contributed by atoms with E-state index in [1.54, 1.807) is 13.0 Å². The van der Waals surface area contributed by atoms with Crippen LogP contribution in [0.25, 0.3) is 11.3 Å². The van der Waals surface area contributed by atoms with E-state index in [0.717, 1.165) is 23.7 Å². The summed E-state index contributed by atoms with van der Waals surface area (Å²) in [5.74, 6) is 3.15. The highest BCUT2D eigenvalue weighted by atomic mass is 16.5. The molecule has 1 saturated carbocycles. The summed E-state index contributed by atoms with van der Waals surface area (Å²) in [4.78, 5) is 12.3. The van der Waals surface area contributed by atoms with Crippen LogP contribution < -0.4 is 4.74 Å². The van der Waals surface area contributed by atoms with Crippen molar-refractivity contribution in [2.45, 2.75) is 77.7 Å². The third-order valence-electron chi connectivity index (χ3n) is 8.60. The fourth-order valence-electron chi connectivity index (χ4n) is 6.53. The summed E-state index contributed by atoms with van der Waals surface area (Å²) < 4.78 is 17.7. The summed E-state index contributed by atoms with van der Waals surface area (Å²) in [5.41, 5.74) is 4.07. The molecule has 4 unspecified atom stereocenters. The molecule has 4 atom stereocenters. The maximum Gasteiger partial charge on any atom is 0.342 e. The number of carbonyl (C=O) groups is 1. The maximum absolute atomic E-state index is 12.3. The molecule has 37 heavy (non-hydrogen) atoms. The summed E-state index contributed by atoms with van der Waals surface area (Å²) in [6.07, 6.45) is 13.3. The third kappa shape index (κ3) is 5.79. The van der Waals surface area contributed by atoms with Gasteiger partial charge in [0, 0.05) is 11.5 Å². The van der Waals surface area contributed by atoms with Gasteiger partial charge in [-0.05, 0) is 79.5 Å². The second-order valence-corrected chi connectivity index (χ2v) is 10.7. The minimum absolute atomic E-state index is 0.0685. The molecule has 0 aliphatic heterocycles. The Morgan fingerprint density at radius 1 is 0.919 bits per heavy atom. The van der Waals surface area contributed by atoms with Crippen molar-refractivity contribution in [2.75, 3.05) is 6.61 Å². The number of furan rings is 1. The highest BCUT2D eigenvalue weighted by Crippen LogP contribution is 2.45. The van der Waals surface area contributed by atoms with Crippen LogP contribution in [0, 0.1) is 17.8 Å². The molecule has 0 saturated heterocycles. The summed E-state index contributed by atoms with van der Waals surface area (Å²) in [7, 11) is 0. The zero-order valence-electron chi connectivity index (χ0n) is 22.3. The SMILES string of the molecule is CCOC(=O)c1ccoc1-c1ccc(OC2c3ccccc3CCC2C2CCCCC(CC)CC2)cc1. The van der Waals surface area contributed by atoms with Crippen LogP contribution in [0.1, 0.15) is 92.8 Å². The van der Waals surface area contributed by atoms with Gasteiger partial charge < -0.3 is 13.9 Å². The maximum atomic E-state index is 12.3. The molecule has 1 aromatic heterocycles. The zero-order valence-corrected chi connectivity index (χ0v) is 22.3. The smallest absolute Gasteiger partial charge is 0.342 e. The molecule has 0 N–H and O–H groups in total. The van der Waals surface area contributed by atoms with E-state index in [4.69, 9.17) is 13.9 Å². The van der Waals surface area contributed by atoms with E-state index in [0.29, 0.717) is 29.8 Å². The summed E-state index contributed by atoms with van der Waals surface area (Å²) in [6, 6.07) is 18.5. The summed E-state index contributed by atoms with van der Waals surface area (Å²) in [6.45, 7) is 4.49. The lowest BCUT2D eigenvalue weighted by Crippen LogP contribution is -2.31. The zero-order chi connectivity index (χ0) is 25.6. The van der Waals surface area contributed by atoms with Gasteiger partial charge in [-0.2, -0.15) is 0 Å². The third-order valence-corrected chi connectivity index (χ3v) is 8.60. The van der Waals surface area contributed by atoms with Crippen LogP contribution >= 0.6 is 0 Å². The molecular formula is C33H40O4. The van der Waals surface area contributed by atoms with Gasteiger partial charge in [0.25, 0.3) is 0 Å². The number of benzene rings is 2. The molecule has 0 spiro atoms. The standard InChI is InChI=1S/C33H40O4/c1-3-23-9-5-6-10-24(14-13-23)29-20-17-25-11-7-8-12-28(25)32(29)37-27-18-15-26(16-19-27)31-30(21-22-36-31)33(34)35-4-2/h7-8,11-12,15-16,18-19,21-24,29,32H,3-6,9-10,13-14,17,20H2,1-2H3. The topological polar surface area (TPSA) is 48.7 Å². The quantitative estimate of drug-likeness (QED) is 0.304. The van der Waals surface area contributed by atoms with E-state index in [-0.39, 0.29) is 12.1 Å². The van der Waals surface area contributed by atoms with Gasteiger partial charge in [-0.15, -0.1) is 0 Å². The second kappa shape index (κ2) is 12.0. The van der Waals surface area contributed by atoms with Crippen molar-refractivity contribution in [3.05, 3.63) is 77.6 Å². The van der Waals surface area contributed by atoms with Gasteiger partial charge in [-0.3, -0.25) is 0 Å². The number of hydrogen-bond donors (Lipinski definition) is 0. The number of hydrogen-bond acceptors (Lipinski definition) is 4. The van der Waals surface area contributed by atoms with E-state index in [1.165, 1.54) is 68.8 Å². The minimum atomic E-state index is -0.363. The fourth-order valence-corrected chi connectivity index (χ4v) is 6.53. The van der Waals surface area contributed by atoms with Gasteiger partial charge in [0.15, 0.2) is 0 Å². The van der Waals surface area contributed by atoms with Crippen molar-refractivity contribution in [2.24, 2.45) is 17.8 Å². The van der Waals surface area contributed by atoms with Crippen molar-refractivity contribution in [3.63, 3.8) is 0 Å². The fraction of sp³-hybridized carbons (Fsp3) is 0.485. The molecule has 2 aromatic carbocycles. The van der Waals surface area contributed by atoms with Crippen LogP contribution in [-0.2, 0) is 11.2 Å². The Hall–Kier alpha value is -3.01. The first kappa shape index (κ1) is 25.6. The number of carbonyl (C=O) groups excluding carboxylic acids is 1. The second-order valence-electron chi connectivity index (χ2n) is 10.7. The van der Waals surface area contributed by atoms with Crippen molar-refractivity contribution >= 4 is 5.97 Å². The monoisotopic (exact) mass is 500 g/mol. The molecule has 3 aromatic rings. The molecule has 2 aliphatic rings. The molecule has 1 fully saturated rings. The lowest BCUT2D eigenvalue weighted by molar-refractivity contribution is 0.0526. The summed E-state index contributed by atoms with van der Waals surface area (Å²) in [5, 5.41) is 0. The van der Waals surface area contributed by atoms with Crippen LogP contribution in [0.4, 0.5) is 0 Å². The first-order chi connectivity index (χ1) is 18.2. The van der Waals surface area contributed by atoms with Crippen LogP contribution in [0.2, 0.25) is 0 Å². The minimum Gasteiger partial charge on any atom is -0.485 e. The molecule has 4 heteroatoms. The van der Waals surface area contributed by atoms with Crippen LogP contribution in [-0.4, -0.2) is 12.6 Å².